The van der Waals surface area contributed by atoms with Gasteiger partial charge in [0.1, 0.15) is 6.61 Å². The van der Waals surface area contributed by atoms with Crippen molar-refractivity contribution in [3.8, 4) is 11.8 Å². The van der Waals surface area contributed by atoms with Crippen LogP contribution < -0.4 is 5.32 Å². The molecule has 0 aliphatic rings. The number of rotatable bonds is 3. The molecule has 1 heterocycles. The highest BCUT2D eigenvalue weighted by atomic mass is 32.1. The molecule has 1 aromatic heterocycles. The molecule has 0 saturated heterocycles. The lowest BCUT2D eigenvalue weighted by Crippen LogP contribution is -2.24. The molecular formula is C18H14N2O2S. The number of fused-ring (bicyclic) bond motifs is 1. The van der Waals surface area contributed by atoms with Gasteiger partial charge in [-0.25, -0.2) is 9.78 Å². The number of ether oxygens (including phenoxy) is 1. The Balaban J connectivity index is 1.46. The summed E-state index contributed by atoms with van der Waals surface area (Å²) >= 11 is 1.58. The fraction of sp³-hybridized carbons (Fsp3) is 0.111. The highest BCUT2D eigenvalue weighted by Crippen LogP contribution is 2.18. The summed E-state index contributed by atoms with van der Waals surface area (Å²) in [6.07, 6.45) is -0.471. The number of benzene rings is 2. The molecule has 0 fully saturated rings. The smallest absolute Gasteiger partial charge is 0.408 e. The molecule has 5 heteroatoms. The summed E-state index contributed by atoms with van der Waals surface area (Å²) in [6, 6.07) is 15.4. The quantitative estimate of drug-likeness (QED) is 0.750. The maximum absolute atomic E-state index is 11.6. The van der Waals surface area contributed by atoms with Crippen molar-refractivity contribution in [3.63, 3.8) is 0 Å². The van der Waals surface area contributed by atoms with Crippen LogP contribution in [-0.4, -0.2) is 17.6 Å². The third-order valence-electron chi connectivity index (χ3n) is 3.10. The van der Waals surface area contributed by atoms with Gasteiger partial charge in [-0.3, -0.25) is 0 Å². The Morgan fingerprint density at radius 2 is 2.09 bits per heavy atom. The molecule has 0 atom stereocenters. The first kappa shape index (κ1) is 15.1. The molecule has 0 radical (unpaired) electrons. The van der Waals surface area contributed by atoms with E-state index in [0.717, 1.165) is 21.3 Å². The minimum atomic E-state index is -0.471. The Morgan fingerprint density at radius 1 is 1.22 bits per heavy atom. The average molecular weight is 322 g/mol. The van der Waals surface area contributed by atoms with E-state index in [2.05, 4.69) is 22.1 Å². The van der Waals surface area contributed by atoms with Gasteiger partial charge in [-0.05, 0) is 23.8 Å². The van der Waals surface area contributed by atoms with Crippen LogP contribution in [-0.2, 0) is 11.3 Å². The number of hydrogen-bond donors (Lipinski definition) is 1. The normalized spacial score (nSPS) is 9.91. The van der Waals surface area contributed by atoms with Gasteiger partial charge in [0.05, 0.1) is 22.3 Å². The number of nitrogens with one attached hydrogen (secondary N) is 1. The molecular weight excluding hydrogens is 308 g/mol. The van der Waals surface area contributed by atoms with Crippen LogP contribution in [0.2, 0.25) is 0 Å². The molecule has 0 aliphatic carbocycles. The SMILES string of the molecule is O=C(NCC#Cc1ccc2ncsc2c1)OCc1ccccc1. The molecule has 0 aliphatic heterocycles. The summed E-state index contributed by atoms with van der Waals surface area (Å²) in [4.78, 5) is 15.8. The Kier molecular flexibility index (Phi) is 4.87. The molecule has 114 valence electrons. The van der Waals surface area contributed by atoms with Crippen LogP contribution in [0, 0.1) is 11.8 Å². The van der Waals surface area contributed by atoms with Crippen molar-refractivity contribution in [2.45, 2.75) is 6.61 Å². The van der Waals surface area contributed by atoms with Crippen LogP contribution in [0.4, 0.5) is 4.79 Å². The van der Waals surface area contributed by atoms with Crippen LogP contribution in [0.3, 0.4) is 0 Å². The maximum atomic E-state index is 11.6. The first-order valence-electron chi connectivity index (χ1n) is 7.08. The molecule has 1 amide bonds. The minimum Gasteiger partial charge on any atom is -0.445 e. The Labute approximate surface area is 138 Å². The van der Waals surface area contributed by atoms with Crippen molar-refractivity contribution < 1.29 is 9.53 Å². The van der Waals surface area contributed by atoms with Crippen molar-refractivity contribution in [3.05, 3.63) is 65.2 Å². The molecule has 23 heavy (non-hydrogen) atoms. The topological polar surface area (TPSA) is 51.2 Å². The number of carbonyl (C=O) groups excluding carboxylic acids is 1. The summed E-state index contributed by atoms with van der Waals surface area (Å²) in [5.74, 6) is 5.92. The second-order valence-electron chi connectivity index (χ2n) is 4.75. The zero-order valence-electron chi connectivity index (χ0n) is 12.3. The predicted octanol–water partition coefficient (Wildman–Crippen LogP) is 3.57. The number of aromatic nitrogens is 1. The first-order chi connectivity index (χ1) is 11.3. The minimum absolute atomic E-state index is 0.244. The average Bonchev–Trinajstić information content (AvgIpc) is 3.05. The summed E-state index contributed by atoms with van der Waals surface area (Å²) < 4.78 is 6.21. The fourth-order valence-corrected chi connectivity index (χ4v) is 2.69. The molecule has 4 nitrogen and oxygen atoms in total. The van der Waals surface area contributed by atoms with Crippen molar-refractivity contribution in [2.75, 3.05) is 6.54 Å². The number of amides is 1. The van der Waals surface area contributed by atoms with Crippen molar-refractivity contribution in [1.29, 1.82) is 0 Å². The van der Waals surface area contributed by atoms with Gasteiger partial charge in [0.15, 0.2) is 0 Å². The molecule has 0 unspecified atom stereocenters. The van der Waals surface area contributed by atoms with E-state index in [1.807, 2.05) is 54.0 Å². The lowest BCUT2D eigenvalue weighted by Gasteiger charge is -2.04. The monoisotopic (exact) mass is 322 g/mol. The van der Waals surface area contributed by atoms with E-state index in [1.165, 1.54) is 0 Å². The van der Waals surface area contributed by atoms with Gasteiger partial charge < -0.3 is 10.1 Å². The van der Waals surface area contributed by atoms with Gasteiger partial charge in [0.2, 0.25) is 0 Å². The molecule has 0 spiro atoms. The largest absolute Gasteiger partial charge is 0.445 e. The highest BCUT2D eigenvalue weighted by molar-refractivity contribution is 7.16. The standard InChI is InChI=1S/C18H14N2O2S/c21-18(22-12-15-5-2-1-3-6-15)19-10-4-7-14-8-9-16-17(11-14)23-13-20-16/h1-3,5-6,8-9,11,13H,10,12H2,(H,19,21). The molecule has 0 bridgehead atoms. The second-order valence-corrected chi connectivity index (χ2v) is 5.64. The van der Waals surface area contributed by atoms with E-state index in [0.29, 0.717) is 0 Å². The van der Waals surface area contributed by atoms with Gasteiger partial charge in [-0.1, -0.05) is 42.2 Å². The Bertz CT molecular complexity index is 863. The van der Waals surface area contributed by atoms with Crippen molar-refractivity contribution in [1.82, 2.24) is 10.3 Å². The number of hydrogen-bond acceptors (Lipinski definition) is 4. The first-order valence-corrected chi connectivity index (χ1v) is 7.96. The van der Waals surface area contributed by atoms with Gasteiger partial charge >= 0.3 is 6.09 Å². The molecule has 3 aromatic rings. The third kappa shape index (κ3) is 4.31. The highest BCUT2D eigenvalue weighted by Gasteiger charge is 2.00. The van der Waals surface area contributed by atoms with Gasteiger partial charge in [-0.2, -0.15) is 0 Å². The predicted molar refractivity (Wildman–Crippen MR) is 91.1 cm³/mol. The Morgan fingerprint density at radius 3 is 2.96 bits per heavy atom. The number of nitrogens with zero attached hydrogens (tertiary/aromatic N) is 1. The summed E-state index contributed by atoms with van der Waals surface area (Å²) in [5.41, 5.74) is 4.64. The lowest BCUT2D eigenvalue weighted by molar-refractivity contribution is 0.141. The van der Waals surface area contributed by atoms with E-state index < -0.39 is 6.09 Å². The zero-order valence-corrected chi connectivity index (χ0v) is 13.1. The zero-order chi connectivity index (χ0) is 15.9. The fourth-order valence-electron chi connectivity index (χ4n) is 1.97. The lowest BCUT2D eigenvalue weighted by atomic mass is 10.2. The van der Waals surface area contributed by atoms with E-state index in [-0.39, 0.29) is 13.2 Å². The van der Waals surface area contributed by atoms with Crippen LogP contribution in [0.15, 0.2) is 54.0 Å². The molecule has 2 aromatic carbocycles. The summed E-state index contributed by atoms with van der Waals surface area (Å²) in [7, 11) is 0. The number of thiazole rings is 1. The van der Waals surface area contributed by atoms with Crippen LogP contribution in [0.1, 0.15) is 11.1 Å². The molecule has 1 N–H and O–H groups in total. The second kappa shape index (κ2) is 7.43. The molecule has 0 saturated carbocycles. The van der Waals surface area contributed by atoms with E-state index >= 15 is 0 Å². The third-order valence-corrected chi connectivity index (χ3v) is 3.89. The van der Waals surface area contributed by atoms with E-state index in [4.69, 9.17) is 4.74 Å². The van der Waals surface area contributed by atoms with Crippen LogP contribution >= 0.6 is 11.3 Å². The summed E-state index contributed by atoms with van der Waals surface area (Å²) in [6.45, 7) is 0.497. The molecule has 3 rings (SSSR count). The van der Waals surface area contributed by atoms with Crippen LogP contribution in [0.25, 0.3) is 10.2 Å². The number of carbonyl (C=O) groups is 1. The van der Waals surface area contributed by atoms with Gasteiger partial charge in [0.25, 0.3) is 0 Å². The number of alkyl carbamates (subject to hydrolysis) is 1. The summed E-state index contributed by atoms with van der Waals surface area (Å²) in [5, 5.41) is 2.61. The van der Waals surface area contributed by atoms with E-state index in [9.17, 15) is 4.79 Å². The van der Waals surface area contributed by atoms with Gasteiger partial charge in [-0.15, -0.1) is 11.3 Å². The maximum Gasteiger partial charge on any atom is 0.408 e. The Hall–Kier alpha value is -2.84. The van der Waals surface area contributed by atoms with Crippen molar-refractivity contribution in [2.24, 2.45) is 0 Å². The van der Waals surface area contributed by atoms with Crippen LogP contribution in [0.5, 0.6) is 0 Å². The van der Waals surface area contributed by atoms with Crippen molar-refractivity contribution >= 4 is 27.6 Å². The van der Waals surface area contributed by atoms with Gasteiger partial charge in [0, 0.05) is 5.56 Å². The van der Waals surface area contributed by atoms with E-state index in [1.54, 1.807) is 11.3 Å².